The molecule has 3 saturated heterocycles. The molecule has 100 heavy (non-hydrogen) atoms. The summed E-state index contributed by atoms with van der Waals surface area (Å²) in [6, 6.07) is -2.62. The van der Waals surface area contributed by atoms with Crippen LogP contribution in [0.4, 0.5) is 0 Å². The molecule has 18 atom stereocenters. The Kier molecular flexibility index (Phi) is 52.0. The van der Waals surface area contributed by atoms with Crippen LogP contribution in [0.15, 0.2) is 12.2 Å². The summed E-state index contributed by atoms with van der Waals surface area (Å²) in [6.45, 7) is 2.19. The van der Waals surface area contributed by atoms with E-state index in [0.717, 1.165) is 51.9 Å². The van der Waals surface area contributed by atoms with Gasteiger partial charge in [-0.3, -0.25) is 9.59 Å². The molecule has 3 heterocycles. The summed E-state index contributed by atoms with van der Waals surface area (Å²) in [5.74, 6) is -6.13. The van der Waals surface area contributed by atoms with Gasteiger partial charge in [0.2, 0.25) is 11.8 Å². The minimum atomic E-state index is -3.08. The van der Waals surface area contributed by atoms with Gasteiger partial charge in [-0.1, -0.05) is 296 Å². The van der Waals surface area contributed by atoms with Crippen molar-refractivity contribution in [1.29, 1.82) is 0 Å². The van der Waals surface area contributed by atoms with Gasteiger partial charge in [-0.15, -0.1) is 0 Å². The van der Waals surface area contributed by atoms with E-state index in [2.05, 4.69) is 24.5 Å². The van der Waals surface area contributed by atoms with Crippen molar-refractivity contribution >= 4 is 17.8 Å². The van der Waals surface area contributed by atoms with E-state index in [1.165, 1.54) is 231 Å². The second-order valence-electron chi connectivity index (χ2n) is 29.3. The summed E-state index contributed by atoms with van der Waals surface area (Å²) in [4.78, 5) is 38.7. The van der Waals surface area contributed by atoms with Crippen molar-refractivity contribution < 1.29 is 104 Å². The summed E-state index contributed by atoms with van der Waals surface area (Å²) >= 11 is 0. The average Bonchev–Trinajstić information content (AvgIpc) is 0.757. The monoisotopic (exact) mass is 1430 g/mol. The lowest BCUT2D eigenvalue weighted by Crippen LogP contribution is -2.70. The minimum Gasteiger partial charge on any atom is -0.477 e. The van der Waals surface area contributed by atoms with Crippen LogP contribution in [-0.4, -0.2) is 215 Å². The number of nitrogens with one attached hydrogen (secondary N) is 2. The van der Waals surface area contributed by atoms with E-state index >= 15 is 0 Å². The summed E-state index contributed by atoms with van der Waals surface area (Å²) in [5.41, 5.74) is 0. The number of amides is 2. The SMILES string of the molecule is CCCCCCCCCCCCCCCCCCC/C=C/C(O)C(COC1OC(CO)C(OC2OC(CO)C(O)C(OC3(C(=O)O)CC(O)C(NC(C)=O)C(C(O)C(O)CO)O3)C2O)C(O)C1O)NC(=O)CCCCCCCCCCCCCCCCCCCCCCCCCCCCC. The largest absolute Gasteiger partial charge is 0.477 e. The molecule has 18 unspecified atom stereocenters. The fraction of sp³-hybridized carbons (Fsp3) is 0.935. The number of rotatable bonds is 63. The molecular weight excluding hydrogens is 1290 g/mol. The molecule has 23 nitrogen and oxygen atoms in total. The van der Waals surface area contributed by atoms with Crippen LogP contribution in [-0.2, 0) is 42.8 Å². The quantitative estimate of drug-likeness (QED) is 0.0199. The molecule has 0 aliphatic carbocycles. The molecule has 0 aromatic carbocycles. The molecule has 0 aromatic rings. The van der Waals surface area contributed by atoms with Crippen molar-refractivity contribution in [3.63, 3.8) is 0 Å². The number of aliphatic hydroxyl groups is 11. The molecule has 0 saturated carbocycles. The zero-order valence-corrected chi connectivity index (χ0v) is 62.1. The highest BCUT2D eigenvalue weighted by Crippen LogP contribution is 2.39. The number of aliphatic hydroxyl groups excluding tert-OH is 11. The molecule has 14 N–H and O–H groups in total. The fourth-order valence-corrected chi connectivity index (χ4v) is 14.1. The number of aliphatic carboxylic acids is 1. The number of carboxylic acids is 1. The van der Waals surface area contributed by atoms with Gasteiger partial charge in [0.05, 0.1) is 50.7 Å². The zero-order valence-electron chi connectivity index (χ0n) is 62.1. The molecule has 3 aliphatic heterocycles. The summed E-state index contributed by atoms with van der Waals surface area (Å²) in [6.07, 6.45) is 31.1. The maximum absolute atomic E-state index is 13.5. The Bertz CT molecular complexity index is 2050. The highest BCUT2D eigenvalue weighted by Gasteiger charge is 2.60. The number of unbranched alkanes of at least 4 members (excludes halogenated alkanes) is 43. The standard InChI is InChI=1S/C77H144N2O21/c1-4-6-8-10-12-14-16-18-20-22-24-25-26-27-28-29-30-31-33-35-37-39-41-43-45-47-49-51-64(87)79-58(59(84)50-48-46-44-42-40-38-36-34-32-23-21-19-17-15-13-11-9-7-5-2)56-95-74-69(91)68(90)71(63(55-82)97-74)98-75-70(92)73(67(89)62(54-81)96-75)100-77(76(93)94)52-60(85)65(78-57(3)83)72(99-77)66(88)61(86)53-80/h48,50,58-63,65-75,80-82,84-86,88-92H,4-47,49,51-56H2,1-3H3,(H,78,83)(H,79,87)(H,93,94)/b50-48+. The highest BCUT2D eigenvalue weighted by atomic mass is 16.8. The van der Waals surface area contributed by atoms with Gasteiger partial charge in [0.25, 0.3) is 5.79 Å². The van der Waals surface area contributed by atoms with Gasteiger partial charge in [-0.2, -0.15) is 0 Å². The number of allylic oxidation sites excluding steroid dienone is 1. The van der Waals surface area contributed by atoms with Crippen LogP contribution in [0.1, 0.15) is 323 Å². The first-order chi connectivity index (χ1) is 48.4. The van der Waals surface area contributed by atoms with Crippen LogP contribution in [0.25, 0.3) is 0 Å². The van der Waals surface area contributed by atoms with Crippen molar-refractivity contribution in [3.8, 4) is 0 Å². The Morgan fingerprint density at radius 1 is 0.520 bits per heavy atom. The van der Waals surface area contributed by atoms with Crippen molar-refractivity contribution in [1.82, 2.24) is 10.6 Å². The van der Waals surface area contributed by atoms with E-state index in [9.17, 15) is 75.7 Å². The number of carbonyl (C=O) groups is 3. The van der Waals surface area contributed by atoms with Gasteiger partial charge in [0, 0.05) is 19.8 Å². The third-order valence-electron chi connectivity index (χ3n) is 20.5. The third kappa shape index (κ3) is 37.1. The highest BCUT2D eigenvalue weighted by molar-refractivity contribution is 5.77. The molecule has 3 fully saturated rings. The van der Waals surface area contributed by atoms with Gasteiger partial charge in [0.15, 0.2) is 12.6 Å². The van der Waals surface area contributed by atoms with Crippen LogP contribution in [0.5, 0.6) is 0 Å². The van der Waals surface area contributed by atoms with Crippen LogP contribution in [0.3, 0.4) is 0 Å². The number of carbonyl (C=O) groups excluding carboxylic acids is 2. The van der Waals surface area contributed by atoms with Crippen LogP contribution < -0.4 is 10.6 Å². The van der Waals surface area contributed by atoms with Crippen molar-refractivity contribution in [2.75, 3.05) is 26.4 Å². The van der Waals surface area contributed by atoms with E-state index in [1.807, 2.05) is 6.08 Å². The molecule has 0 spiro atoms. The number of hydrogen-bond acceptors (Lipinski definition) is 20. The maximum atomic E-state index is 13.5. The lowest BCUT2D eigenvalue weighted by molar-refractivity contribution is -0.386. The first kappa shape index (κ1) is 91.7. The Labute approximate surface area is 601 Å². The lowest BCUT2D eigenvalue weighted by Gasteiger charge is -2.50. The normalized spacial score (nSPS) is 27.0. The van der Waals surface area contributed by atoms with E-state index in [1.54, 1.807) is 6.08 Å². The van der Waals surface area contributed by atoms with E-state index in [4.69, 9.17) is 28.4 Å². The van der Waals surface area contributed by atoms with Crippen molar-refractivity contribution in [2.24, 2.45) is 0 Å². The lowest BCUT2D eigenvalue weighted by atomic mass is 9.88. The van der Waals surface area contributed by atoms with Crippen LogP contribution in [0.2, 0.25) is 0 Å². The molecule has 3 aliphatic rings. The van der Waals surface area contributed by atoms with Crippen LogP contribution >= 0.6 is 0 Å². The second kappa shape index (κ2) is 56.8. The number of hydrogen-bond donors (Lipinski definition) is 14. The van der Waals surface area contributed by atoms with Crippen molar-refractivity contribution in [2.45, 2.75) is 432 Å². The first-order valence-electron chi connectivity index (χ1n) is 40.1. The summed E-state index contributed by atoms with van der Waals surface area (Å²) < 4.78 is 34.9. The molecule has 0 aromatic heterocycles. The van der Waals surface area contributed by atoms with Gasteiger partial charge >= 0.3 is 5.97 Å². The molecule has 0 bridgehead atoms. The topological polar surface area (TPSA) is 373 Å². The van der Waals surface area contributed by atoms with Crippen molar-refractivity contribution in [3.05, 3.63) is 12.2 Å². The molecule has 588 valence electrons. The first-order valence-corrected chi connectivity index (χ1v) is 40.1. The van der Waals surface area contributed by atoms with Gasteiger partial charge in [0.1, 0.15) is 67.1 Å². The summed E-state index contributed by atoms with van der Waals surface area (Å²) in [5, 5.41) is 136. The van der Waals surface area contributed by atoms with E-state index in [0.29, 0.717) is 12.8 Å². The Hall–Kier alpha value is -2.53. The molecule has 2 amide bonds. The van der Waals surface area contributed by atoms with Crippen LogP contribution in [0, 0.1) is 0 Å². The molecule has 23 heteroatoms. The Balaban J connectivity index is 1.52. The molecule has 0 radical (unpaired) electrons. The zero-order chi connectivity index (χ0) is 73.2. The second-order valence-corrected chi connectivity index (χ2v) is 29.3. The minimum absolute atomic E-state index is 0.206. The average molecular weight is 1430 g/mol. The predicted octanol–water partition coefficient (Wildman–Crippen LogP) is 10.2. The van der Waals surface area contributed by atoms with E-state index in [-0.39, 0.29) is 12.3 Å². The smallest absolute Gasteiger partial charge is 0.364 e. The number of carboxylic acid groups (broad SMARTS) is 1. The predicted molar refractivity (Wildman–Crippen MR) is 385 cm³/mol. The number of ether oxygens (including phenoxy) is 6. The molecular formula is C77H144N2O21. The van der Waals surface area contributed by atoms with Gasteiger partial charge in [-0.25, -0.2) is 4.79 Å². The van der Waals surface area contributed by atoms with Gasteiger partial charge < -0.3 is 100 Å². The Morgan fingerprint density at radius 3 is 1.33 bits per heavy atom. The Morgan fingerprint density at radius 2 is 0.930 bits per heavy atom. The third-order valence-corrected chi connectivity index (χ3v) is 20.5. The van der Waals surface area contributed by atoms with Gasteiger partial charge in [-0.05, 0) is 19.3 Å². The fourth-order valence-electron chi connectivity index (χ4n) is 14.1. The summed E-state index contributed by atoms with van der Waals surface area (Å²) in [7, 11) is 0. The van der Waals surface area contributed by atoms with E-state index < -0.39 is 155 Å². The molecule has 3 rings (SSSR count). The maximum Gasteiger partial charge on any atom is 0.364 e.